The monoisotopic (exact) mass is 166 g/mol. The van der Waals surface area contributed by atoms with E-state index < -0.39 is 0 Å². The molecule has 0 saturated heterocycles. The van der Waals surface area contributed by atoms with E-state index in [-0.39, 0.29) is 5.82 Å². The van der Waals surface area contributed by atoms with Crippen molar-refractivity contribution in [1.82, 2.24) is 14.8 Å². The van der Waals surface area contributed by atoms with E-state index in [1.54, 1.807) is 4.68 Å². The van der Waals surface area contributed by atoms with E-state index >= 15 is 0 Å². The van der Waals surface area contributed by atoms with Gasteiger partial charge in [-0.2, -0.15) is 5.26 Å². The predicted molar refractivity (Wildman–Crippen MR) is 41.2 cm³/mol. The van der Waals surface area contributed by atoms with E-state index in [4.69, 9.17) is 10.00 Å². The summed E-state index contributed by atoms with van der Waals surface area (Å²) in [6.07, 6.45) is 1.53. The number of rotatable bonds is 4. The molecule has 1 rings (SSSR count). The van der Waals surface area contributed by atoms with E-state index in [0.717, 1.165) is 0 Å². The standard InChI is InChI=1S/C7H10N4O/c1-2-12-4-3-11-6-9-7(5-8)10-11/h6H,2-4H2,1H3. The summed E-state index contributed by atoms with van der Waals surface area (Å²) in [6.45, 7) is 3.87. The number of hydrogen-bond acceptors (Lipinski definition) is 4. The van der Waals surface area contributed by atoms with Gasteiger partial charge in [-0.15, -0.1) is 5.10 Å². The third-order valence-corrected chi connectivity index (χ3v) is 1.31. The molecule has 0 saturated carbocycles. The third kappa shape index (κ3) is 2.32. The molecule has 12 heavy (non-hydrogen) atoms. The number of nitriles is 1. The van der Waals surface area contributed by atoms with E-state index in [1.165, 1.54) is 6.33 Å². The first-order chi connectivity index (χ1) is 5.86. The molecular weight excluding hydrogens is 156 g/mol. The molecule has 5 heteroatoms. The zero-order chi connectivity index (χ0) is 8.81. The minimum atomic E-state index is 0.200. The lowest BCUT2D eigenvalue weighted by Crippen LogP contribution is -2.06. The quantitative estimate of drug-likeness (QED) is 0.599. The molecule has 64 valence electrons. The van der Waals surface area contributed by atoms with Gasteiger partial charge in [-0.25, -0.2) is 9.67 Å². The van der Waals surface area contributed by atoms with Crippen LogP contribution < -0.4 is 0 Å². The van der Waals surface area contributed by atoms with Gasteiger partial charge >= 0.3 is 0 Å². The molecule has 1 aromatic heterocycles. The molecule has 0 aromatic carbocycles. The SMILES string of the molecule is CCOCCn1cnc(C#N)n1. The van der Waals surface area contributed by atoms with Gasteiger partial charge in [0.2, 0.25) is 0 Å². The molecule has 1 heterocycles. The van der Waals surface area contributed by atoms with Gasteiger partial charge < -0.3 is 4.74 Å². The lowest BCUT2D eigenvalue weighted by atomic mass is 10.7. The Hall–Kier alpha value is -1.41. The van der Waals surface area contributed by atoms with Crippen LogP contribution in [0.1, 0.15) is 12.7 Å². The third-order valence-electron chi connectivity index (χ3n) is 1.31. The zero-order valence-electron chi connectivity index (χ0n) is 6.90. The highest BCUT2D eigenvalue weighted by atomic mass is 16.5. The van der Waals surface area contributed by atoms with Crippen LogP contribution in [0, 0.1) is 11.3 Å². The van der Waals surface area contributed by atoms with Crippen molar-refractivity contribution in [2.75, 3.05) is 13.2 Å². The smallest absolute Gasteiger partial charge is 0.252 e. The van der Waals surface area contributed by atoms with Crippen molar-refractivity contribution < 1.29 is 4.74 Å². The molecule has 0 spiro atoms. The predicted octanol–water partition coefficient (Wildman–Crippen LogP) is 0.186. The Morgan fingerprint density at radius 2 is 2.58 bits per heavy atom. The van der Waals surface area contributed by atoms with Crippen molar-refractivity contribution in [1.29, 1.82) is 5.26 Å². The second kappa shape index (κ2) is 4.46. The van der Waals surface area contributed by atoms with Gasteiger partial charge in [-0.05, 0) is 6.92 Å². The molecule has 0 bridgehead atoms. The van der Waals surface area contributed by atoms with Crippen LogP contribution in [0.2, 0.25) is 0 Å². The molecule has 0 fully saturated rings. The second-order valence-electron chi connectivity index (χ2n) is 2.14. The minimum absolute atomic E-state index is 0.200. The van der Waals surface area contributed by atoms with Gasteiger partial charge in [-0.1, -0.05) is 0 Å². The highest BCUT2D eigenvalue weighted by Crippen LogP contribution is 1.87. The summed E-state index contributed by atoms with van der Waals surface area (Å²) in [5.74, 6) is 0.200. The highest BCUT2D eigenvalue weighted by molar-refractivity contribution is 5.05. The van der Waals surface area contributed by atoms with Crippen LogP contribution >= 0.6 is 0 Å². The lowest BCUT2D eigenvalue weighted by Gasteiger charge is -1.99. The molecule has 1 aromatic rings. The van der Waals surface area contributed by atoms with Crippen molar-refractivity contribution >= 4 is 0 Å². The number of hydrogen-bond donors (Lipinski definition) is 0. The van der Waals surface area contributed by atoms with Crippen LogP contribution in [0.3, 0.4) is 0 Å². The van der Waals surface area contributed by atoms with Gasteiger partial charge in [0.15, 0.2) is 0 Å². The van der Waals surface area contributed by atoms with Crippen LogP contribution in [0.4, 0.5) is 0 Å². The lowest BCUT2D eigenvalue weighted by molar-refractivity contribution is 0.136. The highest BCUT2D eigenvalue weighted by Gasteiger charge is 1.97. The Labute approximate surface area is 70.6 Å². The molecule has 5 nitrogen and oxygen atoms in total. The van der Waals surface area contributed by atoms with Crippen LogP contribution in [0.5, 0.6) is 0 Å². The second-order valence-corrected chi connectivity index (χ2v) is 2.14. The van der Waals surface area contributed by atoms with Gasteiger partial charge in [0.1, 0.15) is 12.4 Å². The van der Waals surface area contributed by atoms with Gasteiger partial charge in [0, 0.05) is 6.61 Å². The Bertz CT molecular complexity index is 275. The van der Waals surface area contributed by atoms with Crippen LogP contribution in [-0.4, -0.2) is 28.0 Å². The average Bonchev–Trinajstić information content (AvgIpc) is 2.53. The maximum absolute atomic E-state index is 8.40. The van der Waals surface area contributed by atoms with Crippen LogP contribution in [-0.2, 0) is 11.3 Å². The first-order valence-electron chi connectivity index (χ1n) is 3.74. The maximum atomic E-state index is 8.40. The first-order valence-corrected chi connectivity index (χ1v) is 3.74. The molecule has 0 atom stereocenters. The van der Waals surface area contributed by atoms with Crippen molar-refractivity contribution in [3.05, 3.63) is 12.2 Å². The summed E-state index contributed by atoms with van der Waals surface area (Å²) in [6, 6.07) is 1.85. The first kappa shape index (κ1) is 8.68. The molecule has 0 radical (unpaired) electrons. The Balaban J connectivity index is 2.38. The molecule has 0 aliphatic rings. The molecule has 0 unspecified atom stereocenters. The summed E-state index contributed by atoms with van der Waals surface area (Å²) in [5, 5.41) is 12.3. The zero-order valence-corrected chi connectivity index (χ0v) is 6.90. The summed E-state index contributed by atoms with van der Waals surface area (Å²) < 4.78 is 6.70. The largest absolute Gasteiger partial charge is 0.380 e. The van der Waals surface area contributed by atoms with Gasteiger partial charge in [0.25, 0.3) is 5.82 Å². The van der Waals surface area contributed by atoms with E-state index in [0.29, 0.717) is 19.8 Å². The van der Waals surface area contributed by atoms with E-state index in [1.807, 2.05) is 13.0 Å². The fraction of sp³-hybridized carbons (Fsp3) is 0.571. The van der Waals surface area contributed by atoms with E-state index in [2.05, 4.69) is 10.1 Å². The number of nitrogens with zero attached hydrogens (tertiary/aromatic N) is 4. The van der Waals surface area contributed by atoms with Crippen LogP contribution in [0.25, 0.3) is 0 Å². The van der Waals surface area contributed by atoms with Crippen molar-refractivity contribution in [2.24, 2.45) is 0 Å². The number of ether oxygens (including phenoxy) is 1. The summed E-state index contributed by atoms with van der Waals surface area (Å²) in [4.78, 5) is 3.75. The number of aromatic nitrogens is 3. The molecule has 0 N–H and O–H groups in total. The minimum Gasteiger partial charge on any atom is -0.380 e. The Morgan fingerprint density at radius 3 is 3.17 bits per heavy atom. The average molecular weight is 166 g/mol. The van der Waals surface area contributed by atoms with E-state index in [9.17, 15) is 0 Å². The molecular formula is C7H10N4O. The van der Waals surface area contributed by atoms with Crippen molar-refractivity contribution in [2.45, 2.75) is 13.5 Å². The molecule has 0 amide bonds. The normalized spacial score (nSPS) is 9.67. The topological polar surface area (TPSA) is 63.7 Å². The summed E-state index contributed by atoms with van der Waals surface area (Å²) in [7, 11) is 0. The fourth-order valence-electron chi connectivity index (χ4n) is 0.756. The van der Waals surface area contributed by atoms with Crippen molar-refractivity contribution in [3.63, 3.8) is 0 Å². The summed E-state index contributed by atoms with van der Waals surface area (Å²) in [5.41, 5.74) is 0. The Kier molecular flexibility index (Phi) is 3.23. The van der Waals surface area contributed by atoms with Crippen molar-refractivity contribution in [3.8, 4) is 6.07 Å². The Morgan fingerprint density at radius 1 is 1.75 bits per heavy atom. The fourth-order valence-corrected chi connectivity index (χ4v) is 0.756. The molecule has 0 aliphatic carbocycles. The van der Waals surface area contributed by atoms with Crippen LogP contribution in [0.15, 0.2) is 6.33 Å². The van der Waals surface area contributed by atoms with Gasteiger partial charge in [-0.3, -0.25) is 0 Å². The maximum Gasteiger partial charge on any atom is 0.252 e. The summed E-state index contributed by atoms with van der Waals surface area (Å²) >= 11 is 0. The van der Waals surface area contributed by atoms with Gasteiger partial charge in [0.05, 0.1) is 13.2 Å². The molecule has 0 aliphatic heterocycles.